The molecule has 3 nitrogen and oxygen atoms in total. The lowest BCUT2D eigenvalue weighted by Gasteiger charge is -2.26. The Morgan fingerprint density at radius 2 is 2.00 bits per heavy atom. The molecule has 102 valence electrons. The van der Waals surface area contributed by atoms with Crippen LogP contribution in [0.3, 0.4) is 0 Å². The average Bonchev–Trinajstić information content (AvgIpc) is 2.27. The summed E-state index contributed by atoms with van der Waals surface area (Å²) in [7, 11) is 1.75. The van der Waals surface area contributed by atoms with E-state index in [0.717, 1.165) is 32.5 Å². The van der Waals surface area contributed by atoms with Crippen LogP contribution in [0, 0.1) is 5.92 Å². The number of ether oxygens (including phenoxy) is 2. The standard InChI is InChI=1S/C11H20F3NO2/c1-15-10(7-17-8-11(12,13)14)6-9-2-4-16-5-3-9/h9-10,15H,2-8H2,1H3. The highest BCUT2D eigenvalue weighted by atomic mass is 19.4. The van der Waals surface area contributed by atoms with Crippen molar-refractivity contribution in [2.24, 2.45) is 5.92 Å². The molecule has 6 heteroatoms. The predicted molar refractivity (Wildman–Crippen MR) is 57.9 cm³/mol. The Morgan fingerprint density at radius 1 is 1.35 bits per heavy atom. The van der Waals surface area contributed by atoms with E-state index in [-0.39, 0.29) is 12.6 Å². The van der Waals surface area contributed by atoms with Crippen molar-refractivity contribution in [3.8, 4) is 0 Å². The molecular weight excluding hydrogens is 235 g/mol. The third-order valence-corrected chi connectivity index (χ3v) is 2.95. The van der Waals surface area contributed by atoms with Crippen LogP contribution in [0.15, 0.2) is 0 Å². The molecule has 1 N–H and O–H groups in total. The fraction of sp³-hybridized carbons (Fsp3) is 1.00. The van der Waals surface area contributed by atoms with Gasteiger partial charge in [0.2, 0.25) is 0 Å². The number of halogens is 3. The normalized spacial score (nSPS) is 20.5. The molecule has 1 saturated heterocycles. The van der Waals surface area contributed by atoms with Crippen molar-refractivity contribution in [2.45, 2.75) is 31.5 Å². The van der Waals surface area contributed by atoms with E-state index in [1.807, 2.05) is 0 Å². The Hall–Kier alpha value is -0.330. The maximum Gasteiger partial charge on any atom is 0.411 e. The molecule has 1 atom stereocenters. The van der Waals surface area contributed by atoms with Gasteiger partial charge in [-0.1, -0.05) is 0 Å². The van der Waals surface area contributed by atoms with E-state index >= 15 is 0 Å². The minimum atomic E-state index is -4.24. The molecule has 1 aliphatic heterocycles. The van der Waals surface area contributed by atoms with Gasteiger partial charge in [0.15, 0.2) is 0 Å². The fourth-order valence-corrected chi connectivity index (χ4v) is 1.97. The van der Waals surface area contributed by atoms with Crippen molar-refractivity contribution in [1.82, 2.24) is 5.32 Å². The zero-order valence-corrected chi connectivity index (χ0v) is 10.1. The Morgan fingerprint density at radius 3 is 2.53 bits per heavy atom. The summed E-state index contributed by atoms with van der Waals surface area (Å²) in [5, 5.41) is 3.00. The maximum atomic E-state index is 11.9. The molecule has 1 rings (SSSR count). The molecule has 0 aromatic rings. The molecular formula is C11H20F3NO2. The van der Waals surface area contributed by atoms with E-state index in [2.05, 4.69) is 10.1 Å². The maximum absolute atomic E-state index is 11.9. The molecule has 0 bridgehead atoms. The molecule has 1 fully saturated rings. The van der Waals surface area contributed by atoms with Crippen molar-refractivity contribution in [2.75, 3.05) is 33.5 Å². The van der Waals surface area contributed by atoms with Crippen molar-refractivity contribution < 1.29 is 22.6 Å². The molecule has 0 saturated carbocycles. The van der Waals surface area contributed by atoms with Gasteiger partial charge in [-0.25, -0.2) is 0 Å². The zero-order valence-electron chi connectivity index (χ0n) is 10.1. The number of hydrogen-bond donors (Lipinski definition) is 1. The molecule has 1 aliphatic rings. The van der Waals surface area contributed by atoms with Crippen molar-refractivity contribution in [3.63, 3.8) is 0 Å². The first-order chi connectivity index (χ1) is 8.01. The monoisotopic (exact) mass is 255 g/mol. The third-order valence-electron chi connectivity index (χ3n) is 2.95. The van der Waals surface area contributed by atoms with Gasteiger partial charge < -0.3 is 14.8 Å². The summed E-state index contributed by atoms with van der Waals surface area (Å²) in [6, 6.07) is -0.0135. The molecule has 1 heterocycles. The van der Waals surface area contributed by atoms with Crippen molar-refractivity contribution in [1.29, 1.82) is 0 Å². The number of hydrogen-bond acceptors (Lipinski definition) is 3. The molecule has 0 aromatic carbocycles. The highest BCUT2D eigenvalue weighted by Gasteiger charge is 2.28. The smallest absolute Gasteiger partial charge is 0.381 e. The van der Waals surface area contributed by atoms with Gasteiger partial charge >= 0.3 is 6.18 Å². The molecule has 0 spiro atoms. The lowest BCUT2D eigenvalue weighted by atomic mass is 9.93. The molecule has 1 unspecified atom stereocenters. The summed E-state index contributed by atoms with van der Waals surface area (Å²) in [6.45, 7) is 0.446. The van der Waals surface area contributed by atoms with Crippen LogP contribution < -0.4 is 5.32 Å². The first kappa shape index (κ1) is 14.7. The van der Waals surface area contributed by atoms with Crippen LogP contribution in [0.4, 0.5) is 13.2 Å². The molecule has 17 heavy (non-hydrogen) atoms. The summed E-state index contributed by atoms with van der Waals surface area (Å²) in [6.07, 6.45) is -1.43. The fourth-order valence-electron chi connectivity index (χ4n) is 1.97. The van der Waals surface area contributed by atoms with Gasteiger partial charge in [0, 0.05) is 19.3 Å². The van der Waals surface area contributed by atoms with E-state index in [9.17, 15) is 13.2 Å². The second-order valence-electron chi connectivity index (χ2n) is 4.41. The van der Waals surface area contributed by atoms with Crippen LogP contribution >= 0.6 is 0 Å². The predicted octanol–water partition coefficient (Wildman–Crippen LogP) is 1.97. The SMILES string of the molecule is CNC(COCC(F)(F)F)CC1CCOCC1. The van der Waals surface area contributed by atoms with Gasteiger partial charge in [-0.3, -0.25) is 0 Å². The first-order valence-corrected chi connectivity index (χ1v) is 5.91. The molecule has 0 radical (unpaired) electrons. The van der Waals surface area contributed by atoms with E-state index < -0.39 is 12.8 Å². The summed E-state index contributed by atoms with van der Waals surface area (Å²) >= 11 is 0. The van der Waals surface area contributed by atoms with Crippen LogP contribution in [0.5, 0.6) is 0 Å². The minimum absolute atomic E-state index is 0.0135. The Bertz CT molecular complexity index is 205. The van der Waals surface area contributed by atoms with Crippen molar-refractivity contribution >= 4 is 0 Å². The minimum Gasteiger partial charge on any atom is -0.381 e. The van der Waals surface area contributed by atoms with E-state index in [4.69, 9.17) is 4.74 Å². The van der Waals surface area contributed by atoms with Gasteiger partial charge in [-0.2, -0.15) is 13.2 Å². The van der Waals surface area contributed by atoms with Crippen LogP contribution in [-0.2, 0) is 9.47 Å². The Balaban J connectivity index is 2.18. The largest absolute Gasteiger partial charge is 0.411 e. The number of nitrogens with one attached hydrogen (secondary N) is 1. The number of alkyl halides is 3. The van der Waals surface area contributed by atoms with Crippen LogP contribution in [0.1, 0.15) is 19.3 Å². The summed E-state index contributed by atoms with van der Waals surface area (Å²) < 4.78 is 45.6. The van der Waals surface area contributed by atoms with Gasteiger partial charge in [0.05, 0.1) is 6.61 Å². The Labute approximate surface area is 99.7 Å². The molecule has 0 amide bonds. The van der Waals surface area contributed by atoms with Crippen molar-refractivity contribution in [3.05, 3.63) is 0 Å². The number of rotatable bonds is 6. The van der Waals surface area contributed by atoms with Gasteiger partial charge in [-0.05, 0) is 32.2 Å². The van der Waals surface area contributed by atoms with E-state index in [0.29, 0.717) is 5.92 Å². The Kier molecular flexibility index (Phi) is 6.22. The van der Waals surface area contributed by atoms with Crippen LogP contribution in [0.25, 0.3) is 0 Å². The molecule has 0 aliphatic carbocycles. The topological polar surface area (TPSA) is 30.5 Å². The van der Waals surface area contributed by atoms with Crippen LogP contribution in [-0.4, -0.2) is 45.7 Å². The third kappa shape index (κ3) is 6.85. The van der Waals surface area contributed by atoms with Gasteiger partial charge in [0.1, 0.15) is 6.61 Å². The average molecular weight is 255 g/mol. The highest BCUT2D eigenvalue weighted by Crippen LogP contribution is 2.20. The lowest BCUT2D eigenvalue weighted by Crippen LogP contribution is -2.35. The second kappa shape index (κ2) is 7.18. The van der Waals surface area contributed by atoms with E-state index in [1.165, 1.54) is 0 Å². The summed E-state index contributed by atoms with van der Waals surface area (Å²) in [4.78, 5) is 0. The quantitative estimate of drug-likeness (QED) is 0.787. The first-order valence-electron chi connectivity index (χ1n) is 5.91. The lowest BCUT2D eigenvalue weighted by molar-refractivity contribution is -0.175. The molecule has 0 aromatic heterocycles. The number of likely N-dealkylation sites (N-methyl/N-ethyl adjacent to an activating group) is 1. The highest BCUT2D eigenvalue weighted by molar-refractivity contribution is 4.72. The van der Waals surface area contributed by atoms with Crippen LogP contribution in [0.2, 0.25) is 0 Å². The second-order valence-corrected chi connectivity index (χ2v) is 4.41. The summed E-state index contributed by atoms with van der Waals surface area (Å²) in [5.74, 6) is 0.524. The van der Waals surface area contributed by atoms with Gasteiger partial charge in [-0.15, -0.1) is 0 Å². The van der Waals surface area contributed by atoms with E-state index in [1.54, 1.807) is 7.05 Å². The van der Waals surface area contributed by atoms with Gasteiger partial charge in [0.25, 0.3) is 0 Å². The summed E-state index contributed by atoms with van der Waals surface area (Å²) in [5.41, 5.74) is 0. The zero-order chi connectivity index (χ0) is 12.7.